The van der Waals surface area contributed by atoms with Gasteiger partial charge in [0, 0.05) is 38.8 Å². The third-order valence-electron chi connectivity index (χ3n) is 5.65. The fourth-order valence-electron chi connectivity index (χ4n) is 4.54. The summed E-state index contributed by atoms with van der Waals surface area (Å²) in [6, 6.07) is 0.125. The van der Waals surface area contributed by atoms with Crippen LogP contribution in [-0.4, -0.2) is 79.0 Å². The van der Waals surface area contributed by atoms with Crippen molar-refractivity contribution in [3.05, 3.63) is 0 Å². The zero-order valence-corrected chi connectivity index (χ0v) is 16.7. The van der Waals surface area contributed by atoms with E-state index in [1.807, 2.05) is 4.90 Å². The molecule has 0 saturated carbocycles. The molecular weight excluding hydrogens is 338 g/mol. The molecule has 3 aliphatic rings. The predicted octanol–water partition coefficient (Wildman–Crippen LogP) is 1.52. The van der Waals surface area contributed by atoms with Gasteiger partial charge in [0.15, 0.2) is 0 Å². The molecule has 3 rings (SSSR count). The number of rotatable bonds is 3. The number of sulfonamides is 1. The lowest BCUT2D eigenvalue weighted by Gasteiger charge is -2.43. The van der Waals surface area contributed by atoms with Crippen molar-refractivity contribution in [3.63, 3.8) is 0 Å². The Bertz CT molecular complexity index is 591. The van der Waals surface area contributed by atoms with E-state index in [0.717, 1.165) is 58.3 Å². The summed E-state index contributed by atoms with van der Waals surface area (Å²) in [7, 11) is -3.03. The van der Waals surface area contributed by atoms with E-state index in [4.69, 9.17) is 0 Å². The van der Waals surface area contributed by atoms with E-state index in [1.54, 1.807) is 4.31 Å². The molecule has 144 valence electrons. The maximum absolute atomic E-state index is 12.9. The molecule has 7 heteroatoms. The summed E-state index contributed by atoms with van der Waals surface area (Å²) in [5, 5.41) is 0. The molecule has 3 fully saturated rings. The molecule has 0 aromatic rings. The zero-order valence-electron chi connectivity index (χ0n) is 15.9. The Morgan fingerprint density at radius 3 is 2.24 bits per heavy atom. The summed E-state index contributed by atoms with van der Waals surface area (Å²) in [6.07, 6.45) is 4.45. The number of hydrogen-bond acceptors (Lipinski definition) is 4. The average Bonchev–Trinajstić information content (AvgIpc) is 2.88. The summed E-state index contributed by atoms with van der Waals surface area (Å²) in [5.41, 5.74) is 0.120. The van der Waals surface area contributed by atoms with E-state index in [0.29, 0.717) is 12.3 Å². The highest BCUT2D eigenvalue weighted by atomic mass is 32.2. The minimum Gasteiger partial charge on any atom is -0.341 e. The Kier molecular flexibility index (Phi) is 5.47. The maximum Gasteiger partial charge on any atom is 0.239 e. The number of piperidine rings is 2. The van der Waals surface area contributed by atoms with E-state index < -0.39 is 10.0 Å². The molecule has 0 spiro atoms. The Balaban J connectivity index is 1.58. The highest BCUT2D eigenvalue weighted by molar-refractivity contribution is 7.89. The van der Waals surface area contributed by atoms with Gasteiger partial charge in [-0.15, -0.1) is 0 Å². The molecule has 0 radical (unpaired) electrons. The molecule has 3 saturated heterocycles. The Labute approximate surface area is 152 Å². The highest BCUT2D eigenvalue weighted by Crippen LogP contribution is 2.28. The first-order valence-corrected chi connectivity index (χ1v) is 11.3. The number of carbonyl (C=O) groups excluding carboxylic acids is 1. The van der Waals surface area contributed by atoms with Crippen molar-refractivity contribution >= 4 is 15.9 Å². The second-order valence-corrected chi connectivity index (χ2v) is 11.1. The van der Waals surface area contributed by atoms with Crippen LogP contribution in [0.4, 0.5) is 0 Å². The summed E-state index contributed by atoms with van der Waals surface area (Å²) < 4.78 is 26.0. The summed E-state index contributed by atoms with van der Waals surface area (Å²) in [5.74, 6) is 0.573. The lowest BCUT2D eigenvalue weighted by atomic mass is 9.92. The van der Waals surface area contributed by atoms with Crippen molar-refractivity contribution in [3.8, 4) is 0 Å². The number of hydrogen-bond donors (Lipinski definition) is 0. The molecule has 6 nitrogen and oxygen atoms in total. The smallest absolute Gasteiger partial charge is 0.239 e. The van der Waals surface area contributed by atoms with Gasteiger partial charge in [-0.25, -0.2) is 8.42 Å². The molecule has 1 amide bonds. The monoisotopic (exact) mass is 371 g/mol. The van der Waals surface area contributed by atoms with Gasteiger partial charge in [-0.3, -0.25) is 9.69 Å². The van der Waals surface area contributed by atoms with Gasteiger partial charge in [-0.05, 0) is 37.5 Å². The van der Waals surface area contributed by atoms with Crippen LogP contribution < -0.4 is 0 Å². The Hall–Kier alpha value is -0.660. The molecule has 1 unspecified atom stereocenters. The van der Waals surface area contributed by atoms with Crippen LogP contribution in [0.25, 0.3) is 0 Å². The van der Waals surface area contributed by atoms with E-state index in [-0.39, 0.29) is 23.4 Å². The van der Waals surface area contributed by atoms with Gasteiger partial charge in [0.2, 0.25) is 15.9 Å². The second kappa shape index (κ2) is 7.16. The van der Waals surface area contributed by atoms with Gasteiger partial charge >= 0.3 is 0 Å². The molecule has 25 heavy (non-hydrogen) atoms. The van der Waals surface area contributed by atoms with Gasteiger partial charge in [0.25, 0.3) is 0 Å². The van der Waals surface area contributed by atoms with Crippen LogP contribution in [-0.2, 0) is 14.8 Å². The quantitative estimate of drug-likeness (QED) is 0.755. The topological polar surface area (TPSA) is 60.9 Å². The minimum absolute atomic E-state index is 0.00719. The normalized spacial score (nSPS) is 30.1. The standard InChI is InChI=1S/C18H33N3O3S/c1-18(2,3)14-20-9-4-6-16(17(20)22)19-11-7-15(8-12-19)21-10-5-13-25(21,23)24/h15-16H,4-14H2,1-3H3. The second-order valence-electron chi connectivity index (χ2n) is 9.03. The van der Waals surface area contributed by atoms with Crippen LogP contribution in [0.5, 0.6) is 0 Å². The average molecular weight is 372 g/mol. The van der Waals surface area contributed by atoms with Gasteiger partial charge in [-0.1, -0.05) is 20.8 Å². The first kappa shape index (κ1) is 19.1. The third-order valence-corrected chi connectivity index (χ3v) is 7.65. The molecule has 3 aliphatic heterocycles. The van der Waals surface area contributed by atoms with Crippen molar-refractivity contribution in [2.75, 3.05) is 38.5 Å². The van der Waals surface area contributed by atoms with Gasteiger partial charge < -0.3 is 4.90 Å². The van der Waals surface area contributed by atoms with E-state index in [9.17, 15) is 13.2 Å². The largest absolute Gasteiger partial charge is 0.341 e. The lowest BCUT2D eigenvalue weighted by Crippen LogP contribution is -2.57. The SMILES string of the molecule is CC(C)(C)CN1CCCC(N2CCC(N3CCCS3(=O)=O)CC2)C1=O. The molecule has 0 N–H and O–H groups in total. The molecule has 1 atom stereocenters. The minimum atomic E-state index is -3.03. The fraction of sp³-hybridized carbons (Fsp3) is 0.944. The molecule has 0 aliphatic carbocycles. The van der Waals surface area contributed by atoms with E-state index in [1.165, 1.54) is 0 Å². The van der Waals surface area contributed by atoms with Crippen molar-refractivity contribution in [2.45, 2.75) is 65.0 Å². The Morgan fingerprint density at radius 2 is 1.68 bits per heavy atom. The van der Waals surface area contributed by atoms with Crippen molar-refractivity contribution < 1.29 is 13.2 Å². The predicted molar refractivity (Wildman–Crippen MR) is 98.8 cm³/mol. The Morgan fingerprint density at radius 1 is 1.00 bits per heavy atom. The molecule has 0 aromatic heterocycles. The number of amides is 1. The van der Waals surface area contributed by atoms with E-state index >= 15 is 0 Å². The number of likely N-dealkylation sites (tertiary alicyclic amines) is 2. The lowest BCUT2D eigenvalue weighted by molar-refractivity contribution is -0.142. The van der Waals surface area contributed by atoms with Gasteiger partial charge in [0.05, 0.1) is 11.8 Å². The molecule has 0 bridgehead atoms. The van der Waals surface area contributed by atoms with Crippen molar-refractivity contribution in [2.24, 2.45) is 5.41 Å². The van der Waals surface area contributed by atoms with Crippen LogP contribution in [0, 0.1) is 5.41 Å². The zero-order chi connectivity index (χ0) is 18.2. The first-order valence-electron chi connectivity index (χ1n) is 9.70. The maximum atomic E-state index is 12.9. The highest BCUT2D eigenvalue weighted by Gasteiger charge is 2.40. The van der Waals surface area contributed by atoms with E-state index in [2.05, 4.69) is 25.7 Å². The molecular formula is C18H33N3O3S. The molecule has 3 heterocycles. The van der Waals surface area contributed by atoms with Crippen LogP contribution in [0.15, 0.2) is 0 Å². The van der Waals surface area contributed by atoms with Crippen LogP contribution >= 0.6 is 0 Å². The van der Waals surface area contributed by atoms with Crippen molar-refractivity contribution in [1.82, 2.24) is 14.1 Å². The number of nitrogens with zero attached hydrogens (tertiary/aromatic N) is 3. The van der Waals surface area contributed by atoms with Gasteiger partial charge in [0.1, 0.15) is 0 Å². The fourth-order valence-corrected chi connectivity index (χ4v) is 6.34. The molecule has 0 aromatic carbocycles. The summed E-state index contributed by atoms with van der Waals surface area (Å²) >= 11 is 0. The summed E-state index contributed by atoms with van der Waals surface area (Å²) in [6.45, 7) is 10.5. The van der Waals surface area contributed by atoms with Crippen LogP contribution in [0.3, 0.4) is 0 Å². The number of carbonyl (C=O) groups is 1. The van der Waals surface area contributed by atoms with Crippen LogP contribution in [0.2, 0.25) is 0 Å². The third kappa shape index (κ3) is 4.37. The first-order chi connectivity index (χ1) is 11.7. The van der Waals surface area contributed by atoms with Crippen molar-refractivity contribution in [1.29, 1.82) is 0 Å². The summed E-state index contributed by atoms with van der Waals surface area (Å²) in [4.78, 5) is 17.3. The van der Waals surface area contributed by atoms with Crippen LogP contribution in [0.1, 0.15) is 52.9 Å². The van der Waals surface area contributed by atoms with Gasteiger partial charge in [-0.2, -0.15) is 4.31 Å².